The van der Waals surface area contributed by atoms with E-state index in [4.69, 9.17) is 9.47 Å². The Morgan fingerprint density at radius 2 is 1.86 bits per heavy atom. The van der Waals surface area contributed by atoms with E-state index in [-0.39, 0.29) is 12.2 Å². The van der Waals surface area contributed by atoms with E-state index in [1.54, 1.807) is 24.5 Å². The van der Waals surface area contributed by atoms with Gasteiger partial charge in [0.05, 0.1) is 28.5 Å². The average molecular weight is 503 g/mol. The number of hydrogen-bond acceptors (Lipinski definition) is 6. The van der Waals surface area contributed by atoms with Crippen molar-refractivity contribution in [3.8, 4) is 5.75 Å². The first-order chi connectivity index (χ1) is 17.3. The first-order valence-corrected chi connectivity index (χ1v) is 12.8. The predicted octanol–water partition coefficient (Wildman–Crippen LogP) is 4.49. The molecule has 0 amide bonds. The summed E-state index contributed by atoms with van der Waals surface area (Å²) in [5, 5.41) is 0. The van der Waals surface area contributed by atoms with Gasteiger partial charge in [0, 0.05) is 0 Å². The van der Waals surface area contributed by atoms with E-state index >= 15 is 0 Å². The maximum Gasteiger partial charge on any atom is 0.338 e. The Morgan fingerprint density at radius 3 is 2.47 bits per heavy atom. The highest BCUT2D eigenvalue weighted by molar-refractivity contribution is 7.07. The van der Waals surface area contributed by atoms with Gasteiger partial charge >= 0.3 is 5.97 Å². The van der Waals surface area contributed by atoms with Gasteiger partial charge in [0.25, 0.3) is 5.56 Å². The lowest BCUT2D eigenvalue weighted by atomic mass is 9.96. The molecule has 0 saturated heterocycles. The highest BCUT2D eigenvalue weighted by atomic mass is 32.1. The lowest BCUT2D eigenvalue weighted by Crippen LogP contribution is -2.39. The van der Waals surface area contributed by atoms with Crippen molar-refractivity contribution in [2.75, 3.05) is 13.2 Å². The van der Waals surface area contributed by atoms with Crippen molar-refractivity contribution in [3.63, 3.8) is 0 Å². The lowest BCUT2D eigenvalue weighted by Gasteiger charge is -2.24. The number of benzene rings is 2. The molecule has 1 atom stereocenters. The van der Waals surface area contributed by atoms with Gasteiger partial charge in [-0.2, -0.15) is 0 Å². The topological polar surface area (TPSA) is 69.9 Å². The summed E-state index contributed by atoms with van der Waals surface area (Å²) in [7, 11) is 0. The number of fused-ring (bicyclic) bond motifs is 1. The van der Waals surface area contributed by atoms with Gasteiger partial charge in [-0.15, -0.1) is 0 Å². The zero-order valence-electron chi connectivity index (χ0n) is 21.0. The molecule has 0 bridgehead atoms. The van der Waals surface area contributed by atoms with Gasteiger partial charge in [-0.3, -0.25) is 9.36 Å². The van der Waals surface area contributed by atoms with Crippen LogP contribution in [0.5, 0.6) is 5.75 Å². The number of esters is 1. The van der Waals surface area contributed by atoms with Crippen molar-refractivity contribution in [1.82, 2.24) is 4.57 Å². The largest absolute Gasteiger partial charge is 0.490 e. The molecule has 7 heteroatoms. The van der Waals surface area contributed by atoms with Gasteiger partial charge in [-0.25, -0.2) is 9.79 Å². The molecular weight excluding hydrogens is 472 g/mol. The minimum Gasteiger partial charge on any atom is -0.490 e. The van der Waals surface area contributed by atoms with Crippen molar-refractivity contribution in [3.05, 3.63) is 109 Å². The van der Waals surface area contributed by atoms with Crippen LogP contribution < -0.4 is 19.6 Å². The van der Waals surface area contributed by atoms with Crippen LogP contribution in [0.1, 0.15) is 56.3 Å². The van der Waals surface area contributed by atoms with Crippen molar-refractivity contribution in [2.24, 2.45) is 4.99 Å². The number of hydrogen-bond donors (Lipinski definition) is 0. The van der Waals surface area contributed by atoms with Crippen LogP contribution in [0.15, 0.2) is 82.2 Å². The van der Waals surface area contributed by atoms with Crippen LogP contribution >= 0.6 is 11.3 Å². The summed E-state index contributed by atoms with van der Waals surface area (Å²) >= 11 is 1.32. The van der Waals surface area contributed by atoms with E-state index in [2.05, 4.69) is 37.6 Å². The van der Waals surface area contributed by atoms with Crippen LogP contribution in [0, 0.1) is 0 Å². The third-order valence-corrected chi connectivity index (χ3v) is 6.96. The minimum absolute atomic E-state index is 0.196. The molecule has 0 saturated carbocycles. The van der Waals surface area contributed by atoms with E-state index in [9.17, 15) is 9.59 Å². The molecule has 1 aliphatic rings. The lowest BCUT2D eigenvalue weighted by molar-refractivity contribution is -0.139. The Morgan fingerprint density at radius 1 is 1.17 bits per heavy atom. The third-order valence-electron chi connectivity index (χ3n) is 5.98. The van der Waals surface area contributed by atoms with E-state index in [0.717, 1.165) is 11.1 Å². The molecule has 0 unspecified atom stereocenters. The number of aromatic nitrogens is 1. The highest BCUT2D eigenvalue weighted by Crippen LogP contribution is 2.31. The Kier molecular flexibility index (Phi) is 7.70. The molecular formula is C29H30N2O4S. The molecule has 2 heterocycles. The second-order valence-corrected chi connectivity index (χ2v) is 9.80. The smallest absolute Gasteiger partial charge is 0.338 e. The molecule has 0 fully saturated rings. The first-order valence-electron chi connectivity index (χ1n) is 12.0. The van der Waals surface area contributed by atoms with Crippen molar-refractivity contribution >= 4 is 23.4 Å². The zero-order chi connectivity index (χ0) is 25.8. The fourth-order valence-corrected chi connectivity index (χ4v) is 5.18. The SMILES string of the molecule is C=CCOc1ccc([C@H]2C(C(=O)OCC)=C(C)N=c3s/c(=C\c4ccc(C(C)C)cc4)c(=O)n32)cc1. The Bertz CT molecular complexity index is 1480. The molecule has 0 aliphatic carbocycles. The maximum atomic E-state index is 13.7. The van der Waals surface area contributed by atoms with E-state index in [1.807, 2.05) is 42.5 Å². The summed E-state index contributed by atoms with van der Waals surface area (Å²) in [6.07, 6.45) is 3.55. The summed E-state index contributed by atoms with van der Waals surface area (Å²) in [6, 6.07) is 14.9. The number of carbonyl (C=O) groups is 1. The van der Waals surface area contributed by atoms with Crippen LogP contribution in [-0.4, -0.2) is 23.8 Å². The molecule has 0 N–H and O–H groups in total. The summed E-state index contributed by atoms with van der Waals surface area (Å²) in [6.45, 7) is 12.1. The number of carbonyl (C=O) groups excluding carboxylic acids is 1. The standard InChI is InChI=1S/C29H30N2O4S/c1-6-16-35-23-14-12-22(13-15-23)26-25(28(33)34-7-2)19(5)30-29-31(26)27(32)24(36-29)17-20-8-10-21(11-9-20)18(3)4/h6,8-15,17-18,26H,1,7,16H2,2-5H3/b24-17-/t26-/m0/s1. The summed E-state index contributed by atoms with van der Waals surface area (Å²) in [5.74, 6) is 0.630. The van der Waals surface area contributed by atoms with Crippen LogP contribution in [0.25, 0.3) is 6.08 Å². The fourth-order valence-electron chi connectivity index (χ4n) is 4.14. The summed E-state index contributed by atoms with van der Waals surface area (Å²) in [4.78, 5) is 31.9. The Labute approximate surface area is 214 Å². The second kappa shape index (κ2) is 10.9. The van der Waals surface area contributed by atoms with Gasteiger partial charge in [-0.05, 0) is 54.7 Å². The first kappa shape index (κ1) is 25.4. The van der Waals surface area contributed by atoms with Crippen LogP contribution in [0.3, 0.4) is 0 Å². The quantitative estimate of drug-likeness (QED) is 0.336. The normalized spacial score (nSPS) is 15.5. The number of nitrogens with zero attached hydrogens (tertiary/aromatic N) is 2. The van der Waals surface area contributed by atoms with Gasteiger partial charge < -0.3 is 9.47 Å². The minimum atomic E-state index is -0.653. The second-order valence-electron chi connectivity index (χ2n) is 8.79. The molecule has 0 radical (unpaired) electrons. The van der Waals surface area contributed by atoms with E-state index < -0.39 is 12.0 Å². The molecule has 1 aromatic heterocycles. The molecule has 36 heavy (non-hydrogen) atoms. The zero-order valence-corrected chi connectivity index (χ0v) is 21.8. The van der Waals surface area contributed by atoms with Gasteiger partial charge in [-0.1, -0.05) is 74.2 Å². The number of allylic oxidation sites excluding steroid dienone is 1. The summed E-state index contributed by atoms with van der Waals surface area (Å²) in [5.41, 5.74) is 3.65. The predicted molar refractivity (Wildman–Crippen MR) is 143 cm³/mol. The van der Waals surface area contributed by atoms with Crippen LogP contribution in [0.4, 0.5) is 0 Å². The molecule has 0 spiro atoms. The molecule has 4 rings (SSSR count). The van der Waals surface area contributed by atoms with Crippen molar-refractivity contribution in [2.45, 2.75) is 39.7 Å². The highest BCUT2D eigenvalue weighted by Gasteiger charge is 2.33. The molecule has 3 aromatic rings. The van der Waals surface area contributed by atoms with Crippen LogP contribution in [-0.2, 0) is 9.53 Å². The van der Waals surface area contributed by atoms with Gasteiger partial charge in [0.2, 0.25) is 0 Å². The number of rotatable bonds is 8. The molecule has 6 nitrogen and oxygen atoms in total. The summed E-state index contributed by atoms with van der Waals surface area (Å²) < 4.78 is 13.1. The van der Waals surface area contributed by atoms with Crippen molar-refractivity contribution in [1.29, 1.82) is 0 Å². The third kappa shape index (κ3) is 5.11. The average Bonchev–Trinajstić information content (AvgIpc) is 3.16. The Hall–Kier alpha value is -3.71. The molecule has 186 valence electrons. The Balaban J connectivity index is 1.85. The van der Waals surface area contributed by atoms with Gasteiger partial charge in [0.15, 0.2) is 4.80 Å². The number of ether oxygens (including phenoxy) is 2. The molecule has 1 aliphatic heterocycles. The van der Waals surface area contributed by atoms with Crippen LogP contribution in [0.2, 0.25) is 0 Å². The fraction of sp³-hybridized carbons (Fsp3) is 0.276. The van der Waals surface area contributed by atoms with E-state index in [0.29, 0.717) is 38.9 Å². The van der Waals surface area contributed by atoms with Crippen molar-refractivity contribution < 1.29 is 14.3 Å². The van der Waals surface area contributed by atoms with Gasteiger partial charge in [0.1, 0.15) is 12.4 Å². The maximum absolute atomic E-state index is 13.7. The monoisotopic (exact) mass is 502 g/mol. The molecule has 2 aromatic carbocycles. The van der Waals surface area contributed by atoms with E-state index in [1.165, 1.54) is 16.9 Å². The number of thiazole rings is 1.